The van der Waals surface area contributed by atoms with E-state index in [1.807, 2.05) is 20.8 Å². The maximum atomic E-state index is 12.2. The van der Waals surface area contributed by atoms with Crippen molar-refractivity contribution in [2.75, 3.05) is 26.7 Å². The normalized spacial score (nSPS) is 17.8. The SMILES string of the molecule is COC(=O)C1CCCN(C(=O)CCCCCNC(=O)OC(C)(C)C)C1. The van der Waals surface area contributed by atoms with Gasteiger partial charge in [-0.2, -0.15) is 0 Å². The van der Waals surface area contributed by atoms with Crippen LogP contribution in [0.5, 0.6) is 0 Å². The van der Waals surface area contributed by atoms with E-state index < -0.39 is 11.7 Å². The number of esters is 1. The van der Waals surface area contributed by atoms with Crippen LogP contribution in [0.2, 0.25) is 0 Å². The first-order valence-electron chi connectivity index (χ1n) is 9.05. The van der Waals surface area contributed by atoms with Crippen LogP contribution in [0.15, 0.2) is 0 Å². The van der Waals surface area contributed by atoms with E-state index in [1.165, 1.54) is 7.11 Å². The van der Waals surface area contributed by atoms with Gasteiger partial charge in [-0.15, -0.1) is 0 Å². The molecule has 144 valence electrons. The molecule has 0 aromatic heterocycles. The molecule has 1 N–H and O–H groups in total. The van der Waals surface area contributed by atoms with Crippen LogP contribution < -0.4 is 5.32 Å². The fourth-order valence-corrected chi connectivity index (χ4v) is 2.80. The molecule has 0 aromatic rings. The van der Waals surface area contributed by atoms with Crippen molar-refractivity contribution in [1.29, 1.82) is 0 Å². The summed E-state index contributed by atoms with van der Waals surface area (Å²) in [7, 11) is 1.38. The average molecular weight is 356 g/mol. The third-order valence-corrected chi connectivity index (χ3v) is 4.04. The molecule has 1 atom stereocenters. The lowest BCUT2D eigenvalue weighted by Gasteiger charge is -2.31. The molecule has 0 aliphatic carbocycles. The van der Waals surface area contributed by atoms with E-state index in [1.54, 1.807) is 4.90 Å². The number of rotatable bonds is 7. The Hall–Kier alpha value is -1.79. The Morgan fingerprint density at radius 2 is 1.88 bits per heavy atom. The highest BCUT2D eigenvalue weighted by molar-refractivity contribution is 5.78. The second-order valence-electron chi connectivity index (χ2n) is 7.44. The molecule has 1 fully saturated rings. The second-order valence-corrected chi connectivity index (χ2v) is 7.44. The van der Waals surface area contributed by atoms with Gasteiger partial charge in [-0.3, -0.25) is 9.59 Å². The highest BCUT2D eigenvalue weighted by atomic mass is 16.6. The summed E-state index contributed by atoms with van der Waals surface area (Å²) in [5.41, 5.74) is -0.493. The quantitative estimate of drug-likeness (QED) is 0.559. The average Bonchev–Trinajstić information content (AvgIpc) is 2.55. The smallest absolute Gasteiger partial charge is 0.407 e. The number of likely N-dealkylation sites (tertiary alicyclic amines) is 1. The molecule has 1 aliphatic rings. The van der Waals surface area contributed by atoms with E-state index in [2.05, 4.69) is 5.32 Å². The number of nitrogens with one attached hydrogen (secondary N) is 1. The largest absolute Gasteiger partial charge is 0.469 e. The number of unbranched alkanes of at least 4 members (excludes halogenated alkanes) is 2. The van der Waals surface area contributed by atoms with Crippen molar-refractivity contribution in [3.63, 3.8) is 0 Å². The number of nitrogens with zero attached hydrogens (tertiary/aromatic N) is 1. The topological polar surface area (TPSA) is 84.9 Å². The third-order valence-electron chi connectivity index (χ3n) is 4.04. The number of ether oxygens (including phenoxy) is 2. The Morgan fingerprint density at radius 3 is 2.52 bits per heavy atom. The zero-order chi connectivity index (χ0) is 18.9. The minimum atomic E-state index is -0.493. The summed E-state index contributed by atoms with van der Waals surface area (Å²) in [4.78, 5) is 37.1. The van der Waals surface area contributed by atoms with Gasteiger partial charge in [0.2, 0.25) is 5.91 Å². The molecule has 0 aromatic carbocycles. The number of carbonyl (C=O) groups is 3. The van der Waals surface area contributed by atoms with Crippen LogP contribution in [0.25, 0.3) is 0 Å². The van der Waals surface area contributed by atoms with Crippen molar-refractivity contribution in [3.8, 4) is 0 Å². The van der Waals surface area contributed by atoms with Crippen molar-refractivity contribution in [1.82, 2.24) is 10.2 Å². The Labute approximate surface area is 150 Å². The van der Waals surface area contributed by atoms with Crippen molar-refractivity contribution in [3.05, 3.63) is 0 Å². The summed E-state index contributed by atoms with van der Waals surface area (Å²) >= 11 is 0. The van der Waals surface area contributed by atoms with Crippen LogP contribution in [-0.2, 0) is 19.1 Å². The summed E-state index contributed by atoms with van der Waals surface area (Å²) < 4.78 is 9.92. The van der Waals surface area contributed by atoms with Crippen LogP contribution in [-0.4, -0.2) is 55.2 Å². The predicted molar refractivity (Wildman–Crippen MR) is 94.0 cm³/mol. The van der Waals surface area contributed by atoms with Gasteiger partial charge in [0, 0.05) is 26.1 Å². The fraction of sp³-hybridized carbons (Fsp3) is 0.833. The van der Waals surface area contributed by atoms with Crippen LogP contribution >= 0.6 is 0 Å². The van der Waals surface area contributed by atoms with Gasteiger partial charge in [0.15, 0.2) is 0 Å². The number of hydrogen-bond donors (Lipinski definition) is 1. The summed E-state index contributed by atoms with van der Waals surface area (Å²) in [6.45, 7) is 7.19. The van der Waals surface area contributed by atoms with Crippen molar-refractivity contribution >= 4 is 18.0 Å². The van der Waals surface area contributed by atoms with Gasteiger partial charge in [-0.05, 0) is 46.5 Å². The molecule has 1 aliphatic heterocycles. The van der Waals surface area contributed by atoms with Gasteiger partial charge in [-0.25, -0.2) is 4.79 Å². The van der Waals surface area contributed by atoms with Crippen molar-refractivity contribution in [2.24, 2.45) is 5.92 Å². The lowest BCUT2D eigenvalue weighted by Crippen LogP contribution is -2.42. The Morgan fingerprint density at radius 1 is 1.16 bits per heavy atom. The number of piperidine rings is 1. The predicted octanol–water partition coefficient (Wildman–Crippen LogP) is 2.48. The minimum Gasteiger partial charge on any atom is -0.469 e. The first kappa shape index (κ1) is 21.3. The van der Waals surface area contributed by atoms with E-state index in [0.29, 0.717) is 26.1 Å². The van der Waals surface area contributed by atoms with E-state index >= 15 is 0 Å². The summed E-state index contributed by atoms with van der Waals surface area (Å²) in [5, 5.41) is 2.71. The molecule has 7 heteroatoms. The fourth-order valence-electron chi connectivity index (χ4n) is 2.80. The third kappa shape index (κ3) is 8.74. The van der Waals surface area contributed by atoms with Gasteiger partial charge in [0.1, 0.15) is 5.60 Å². The van der Waals surface area contributed by atoms with Gasteiger partial charge in [0.05, 0.1) is 13.0 Å². The lowest BCUT2D eigenvalue weighted by molar-refractivity contribution is -0.149. The Bertz CT molecular complexity index is 459. The van der Waals surface area contributed by atoms with Gasteiger partial charge in [-0.1, -0.05) is 6.42 Å². The summed E-state index contributed by atoms with van der Waals surface area (Å²) in [5.74, 6) is -0.333. The second kappa shape index (κ2) is 10.3. The van der Waals surface area contributed by atoms with Crippen LogP contribution in [0.4, 0.5) is 4.79 Å². The van der Waals surface area contributed by atoms with Crippen molar-refractivity contribution in [2.45, 2.75) is 64.9 Å². The number of hydrogen-bond acceptors (Lipinski definition) is 5. The highest BCUT2D eigenvalue weighted by Crippen LogP contribution is 2.19. The van der Waals surface area contributed by atoms with Gasteiger partial charge >= 0.3 is 12.1 Å². The zero-order valence-corrected chi connectivity index (χ0v) is 15.9. The molecule has 0 spiro atoms. The monoisotopic (exact) mass is 356 g/mol. The molecular formula is C18H32N2O5. The van der Waals surface area contributed by atoms with Crippen molar-refractivity contribution < 1.29 is 23.9 Å². The van der Waals surface area contributed by atoms with Gasteiger partial charge in [0.25, 0.3) is 0 Å². The molecule has 1 saturated heterocycles. The first-order chi connectivity index (χ1) is 11.7. The summed E-state index contributed by atoms with van der Waals surface area (Å²) in [6.07, 6.45) is 4.12. The maximum absolute atomic E-state index is 12.2. The molecular weight excluding hydrogens is 324 g/mol. The van der Waals surface area contributed by atoms with E-state index in [9.17, 15) is 14.4 Å². The molecule has 25 heavy (non-hydrogen) atoms. The van der Waals surface area contributed by atoms with Gasteiger partial charge < -0.3 is 19.7 Å². The molecule has 1 unspecified atom stereocenters. The number of amides is 2. The number of methoxy groups -OCH3 is 1. The maximum Gasteiger partial charge on any atom is 0.407 e. The number of carbonyl (C=O) groups excluding carboxylic acids is 3. The van der Waals surface area contributed by atoms with Crippen LogP contribution in [0, 0.1) is 5.92 Å². The minimum absolute atomic E-state index is 0.0914. The zero-order valence-electron chi connectivity index (χ0n) is 15.9. The number of alkyl carbamates (subject to hydrolysis) is 1. The first-order valence-corrected chi connectivity index (χ1v) is 9.05. The highest BCUT2D eigenvalue weighted by Gasteiger charge is 2.28. The molecule has 1 rings (SSSR count). The lowest BCUT2D eigenvalue weighted by atomic mass is 9.98. The molecule has 1 heterocycles. The molecule has 7 nitrogen and oxygen atoms in total. The van der Waals surface area contributed by atoms with Crippen LogP contribution in [0.3, 0.4) is 0 Å². The summed E-state index contributed by atoms with van der Waals surface area (Å²) in [6, 6.07) is 0. The molecule has 0 saturated carbocycles. The van der Waals surface area contributed by atoms with E-state index in [0.717, 1.165) is 32.1 Å². The van der Waals surface area contributed by atoms with E-state index in [-0.39, 0.29) is 17.8 Å². The Balaban J connectivity index is 2.14. The molecule has 0 radical (unpaired) electrons. The van der Waals surface area contributed by atoms with Crippen LogP contribution in [0.1, 0.15) is 59.3 Å². The molecule has 0 bridgehead atoms. The standard InChI is InChI=1S/C18H32N2O5/c1-18(2,3)25-17(23)19-11-7-5-6-10-15(21)20-12-8-9-14(13-20)16(22)24-4/h14H,5-13H2,1-4H3,(H,19,23). The Kier molecular flexibility index (Phi) is 8.72. The van der Waals surface area contributed by atoms with E-state index in [4.69, 9.17) is 9.47 Å². The molecule has 2 amide bonds.